The highest BCUT2D eigenvalue weighted by Crippen LogP contribution is 2.28. The van der Waals surface area contributed by atoms with Crippen LogP contribution < -0.4 is 20.5 Å². The smallest absolute Gasteiger partial charge is 0.270 e. The van der Waals surface area contributed by atoms with E-state index in [1.165, 1.54) is 6.21 Å². The van der Waals surface area contributed by atoms with E-state index < -0.39 is 0 Å². The summed E-state index contributed by atoms with van der Waals surface area (Å²) in [5, 5.41) is 4.01. The van der Waals surface area contributed by atoms with Crippen LogP contribution in [0.1, 0.15) is 44.4 Å². The molecule has 2 aromatic carbocycles. The molecule has 0 aliphatic carbocycles. The first kappa shape index (κ1) is 23.0. The summed E-state index contributed by atoms with van der Waals surface area (Å²) in [4.78, 5) is 31.4. The minimum absolute atomic E-state index is 0.0974. The summed E-state index contributed by atoms with van der Waals surface area (Å²) < 4.78 is 11.4. The molecule has 0 fully saturated rings. The van der Waals surface area contributed by atoms with E-state index in [1.54, 1.807) is 6.07 Å². The Hall–Kier alpha value is -3.68. The van der Waals surface area contributed by atoms with Crippen LogP contribution in [0, 0.1) is 0 Å². The minimum Gasteiger partial charge on any atom is -0.490 e. The first-order chi connectivity index (χ1) is 15.6. The number of benzene rings is 2. The number of carbonyl (C=O) groups excluding carboxylic acids is 1. The van der Waals surface area contributed by atoms with E-state index in [2.05, 4.69) is 27.4 Å². The molecule has 2 N–H and O–H groups in total. The minimum atomic E-state index is -0.305. The average Bonchev–Trinajstić information content (AvgIpc) is 2.79. The van der Waals surface area contributed by atoms with Gasteiger partial charge in [-0.3, -0.25) is 9.59 Å². The van der Waals surface area contributed by atoms with Crippen LogP contribution in [0.25, 0.3) is 11.0 Å². The topological polar surface area (TPSA) is 106 Å². The molecule has 8 heteroatoms. The van der Waals surface area contributed by atoms with Crippen molar-refractivity contribution in [1.82, 2.24) is 15.4 Å². The molecule has 3 rings (SSSR count). The summed E-state index contributed by atoms with van der Waals surface area (Å²) >= 11 is 0. The quantitative estimate of drug-likeness (QED) is 0.271. The third-order valence-electron chi connectivity index (χ3n) is 4.68. The molecule has 8 nitrogen and oxygen atoms in total. The Morgan fingerprint density at radius 3 is 2.81 bits per heavy atom. The van der Waals surface area contributed by atoms with Crippen LogP contribution in [0.2, 0.25) is 0 Å². The molecule has 0 aliphatic rings. The van der Waals surface area contributed by atoms with Crippen molar-refractivity contribution in [2.45, 2.75) is 39.5 Å². The lowest BCUT2D eigenvalue weighted by molar-refractivity contribution is -0.121. The summed E-state index contributed by atoms with van der Waals surface area (Å²) in [5.74, 6) is 1.02. The molecule has 0 unspecified atom stereocenters. The van der Waals surface area contributed by atoms with Gasteiger partial charge in [-0.15, -0.1) is 0 Å². The molecule has 0 aliphatic heterocycles. The first-order valence-corrected chi connectivity index (χ1v) is 10.8. The van der Waals surface area contributed by atoms with Crippen LogP contribution in [0.5, 0.6) is 11.5 Å². The number of carbonyl (C=O) groups is 1. The molecular formula is C24H28N4O4. The fourth-order valence-electron chi connectivity index (χ4n) is 3.02. The summed E-state index contributed by atoms with van der Waals surface area (Å²) in [6, 6.07) is 12.8. The molecule has 0 atom stereocenters. The molecule has 0 bridgehead atoms. The van der Waals surface area contributed by atoms with E-state index in [9.17, 15) is 9.59 Å². The van der Waals surface area contributed by atoms with Crippen LogP contribution in [-0.4, -0.2) is 35.3 Å². The number of fused-ring (bicyclic) bond motifs is 1. The highest BCUT2D eigenvalue weighted by atomic mass is 16.5. The Balaban J connectivity index is 1.56. The number of hydrazone groups is 1. The summed E-state index contributed by atoms with van der Waals surface area (Å²) in [6.07, 6.45) is 3.89. The first-order valence-electron chi connectivity index (χ1n) is 10.8. The van der Waals surface area contributed by atoms with Gasteiger partial charge in [0.05, 0.1) is 30.5 Å². The maximum Gasteiger partial charge on any atom is 0.270 e. The van der Waals surface area contributed by atoms with Crippen molar-refractivity contribution in [3.8, 4) is 11.5 Å². The Kier molecular flexibility index (Phi) is 8.36. The molecular weight excluding hydrogens is 408 g/mol. The van der Waals surface area contributed by atoms with Gasteiger partial charge in [0, 0.05) is 12.8 Å². The van der Waals surface area contributed by atoms with Crippen LogP contribution in [0.15, 0.2) is 52.4 Å². The van der Waals surface area contributed by atoms with Crippen molar-refractivity contribution in [3.05, 3.63) is 64.1 Å². The Morgan fingerprint density at radius 2 is 2.00 bits per heavy atom. The van der Waals surface area contributed by atoms with E-state index >= 15 is 0 Å². The van der Waals surface area contributed by atoms with Gasteiger partial charge in [0.1, 0.15) is 5.69 Å². The number of unbranched alkanes of at least 4 members (excludes halogenated alkanes) is 1. The Bertz CT molecular complexity index is 1140. The summed E-state index contributed by atoms with van der Waals surface area (Å²) in [5.41, 5.74) is 4.64. The van der Waals surface area contributed by atoms with Gasteiger partial charge in [-0.25, -0.2) is 10.4 Å². The van der Waals surface area contributed by atoms with Gasteiger partial charge in [0.2, 0.25) is 5.91 Å². The number of hydrogen-bond donors (Lipinski definition) is 2. The van der Waals surface area contributed by atoms with Crippen molar-refractivity contribution in [2.24, 2.45) is 5.10 Å². The zero-order chi connectivity index (χ0) is 22.8. The molecule has 0 saturated carbocycles. The van der Waals surface area contributed by atoms with E-state index in [0.29, 0.717) is 41.4 Å². The second-order valence-corrected chi connectivity index (χ2v) is 7.16. The number of ether oxygens (including phenoxy) is 2. The third-order valence-corrected chi connectivity index (χ3v) is 4.68. The molecule has 168 valence electrons. The van der Waals surface area contributed by atoms with E-state index in [1.807, 2.05) is 43.3 Å². The summed E-state index contributed by atoms with van der Waals surface area (Å²) in [7, 11) is 0. The van der Waals surface area contributed by atoms with E-state index in [4.69, 9.17) is 9.47 Å². The molecule has 1 heterocycles. The van der Waals surface area contributed by atoms with Crippen molar-refractivity contribution in [1.29, 1.82) is 0 Å². The van der Waals surface area contributed by atoms with Crippen LogP contribution >= 0.6 is 0 Å². The number of para-hydroxylation sites is 2. The number of H-pyrrole nitrogens is 1. The fourth-order valence-corrected chi connectivity index (χ4v) is 3.02. The maximum atomic E-state index is 12.1. The van der Waals surface area contributed by atoms with Crippen molar-refractivity contribution < 1.29 is 14.3 Å². The summed E-state index contributed by atoms with van der Waals surface area (Å²) in [6.45, 7) is 5.17. The second-order valence-electron chi connectivity index (χ2n) is 7.16. The van der Waals surface area contributed by atoms with Gasteiger partial charge in [-0.05, 0) is 49.2 Å². The largest absolute Gasteiger partial charge is 0.490 e. The number of nitrogens with zero attached hydrogens (tertiary/aromatic N) is 2. The lowest BCUT2D eigenvalue weighted by atomic mass is 10.2. The highest BCUT2D eigenvalue weighted by Gasteiger charge is 2.08. The average molecular weight is 437 g/mol. The van der Waals surface area contributed by atoms with Gasteiger partial charge >= 0.3 is 0 Å². The molecule has 1 aromatic heterocycles. The number of hydrogen-bond acceptors (Lipinski definition) is 6. The van der Waals surface area contributed by atoms with E-state index in [-0.39, 0.29) is 24.3 Å². The van der Waals surface area contributed by atoms with Crippen LogP contribution in [-0.2, 0) is 11.2 Å². The number of aromatic amines is 1. The fraction of sp³-hybridized carbons (Fsp3) is 0.333. The van der Waals surface area contributed by atoms with Gasteiger partial charge in [0.15, 0.2) is 11.5 Å². The van der Waals surface area contributed by atoms with Crippen LogP contribution in [0.3, 0.4) is 0 Å². The maximum absolute atomic E-state index is 12.1. The lowest BCUT2D eigenvalue weighted by Gasteiger charge is -2.12. The predicted octanol–water partition coefficient (Wildman–Crippen LogP) is 3.58. The molecule has 0 spiro atoms. The standard InChI is InChI=1S/C24H28N4O4/c1-3-5-14-32-21-12-10-17(15-22(21)31-4-2)16-25-28-23(29)13-11-20-24(30)27-19-9-7-6-8-18(19)26-20/h6-10,12,15-16H,3-5,11,13-14H2,1-2H3,(H,27,30)(H,28,29)/b25-16-. The molecule has 0 radical (unpaired) electrons. The van der Waals surface area contributed by atoms with Crippen LogP contribution in [0.4, 0.5) is 0 Å². The number of aryl methyl sites for hydroxylation is 1. The predicted molar refractivity (Wildman–Crippen MR) is 124 cm³/mol. The molecule has 0 saturated heterocycles. The lowest BCUT2D eigenvalue weighted by Crippen LogP contribution is -2.21. The number of aromatic nitrogens is 2. The molecule has 32 heavy (non-hydrogen) atoms. The van der Waals surface area contributed by atoms with Crippen molar-refractivity contribution >= 4 is 23.2 Å². The third kappa shape index (κ3) is 6.41. The van der Waals surface area contributed by atoms with Crippen molar-refractivity contribution in [3.63, 3.8) is 0 Å². The molecule has 3 aromatic rings. The normalized spacial score (nSPS) is 11.1. The number of nitrogens with one attached hydrogen (secondary N) is 2. The molecule has 1 amide bonds. The van der Waals surface area contributed by atoms with Gasteiger partial charge in [-0.2, -0.15) is 5.10 Å². The SMILES string of the molecule is CCCCOc1ccc(/C=N\NC(=O)CCc2nc3ccccc3[nH]c2=O)cc1OCC. The number of amides is 1. The Labute approximate surface area is 186 Å². The second kappa shape index (κ2) is 11.6. The van der Waals surface area contributed by atoms with Gasteiger partial charge < -0.3 is 14.5 Å². The number of rotatable bonds is 11. The van der Waals surface area contributed by atoms with Gasteiger partial charge in [-0.1, -0.05) is 25.5 Å². The zero-order valence-electron chi connectivity index (χ0n) is 18.4. The zero-order valence-corrected chi connectivity index (χ0v) is 18.4. The van der Waals surface area contributed by atoms with Gasteiger partial charge in [0.25, 0.3) is 5.56 Å². The van der Waals surface area contributed by atoms with Crippen molar-refractivity contribution in [2.75, 3.05) is 13.2 Å². The van der Waals surface area contributed by atoms with E-state index in [0.717, 1.165) is 18.4 Å². The Morgan fingerprint density at radius 1 is 1.16 bits per heavy atom. The monoisotopic (exact) mass is 436 g/mol. The highest BCUT2D eigenvalue weighted by molar-refractivity contribution is 5.83.